The zero-order valence-corrected chi connectivity index (χ0v) is 6.96. The van der Waals surface area contributed by atoms with Crippen LogP contribution in [0.15, 0.2) is 0 Å². The number of alkyl halides is 3. The van der Waals surface area contributed by atoms with Crippen LogP contribution in [0.3, 0.4) is 0 Å². The number of halogens is 3. The molecule has 0 aromatic carbocycles. The molecule has 0 aliphatic carbocycles. The van der Waals surface area contributed by atoms with Crippen LogP contribution in [0.2, 0.25) is 0 Å². The van der Waals surface area contributed by atoms with E-state index in [1.165, 1.54) is 21.0 Å². The first-order chi connectivity index (χ1) is 4.81. The van der Waals surface area contributed by atoms with Crippen molar-refractivity contribution in [2.24, 2.45) is 5.41 Å². The standard InChI is InChI=1S/C7H13F3O/c1-6(2,4-5-11-3)7(8,9)10/h4-5H2,1-3H3. The SMILES string of the molecule is COCCC(C)(C)C(F)(F)F. The van der Waals surface area contributed by atoms with E-state index in [-0.39, 0.29) is 13.0 Å². The van der Waals surface area contributed by atoms with Crippen molar-refractivity contribution < 1.29 is 17.9 Å². The Bertz CT molecular complexity index is 117. The van der Waals surface area contributed by atoms with Crippen molar-refractivity contribution >= 4 is 0 Å². The van der Waals surface area contributed by atoms with Gasteiger partial charge in [0.05, 0.1) is 5.41 Å². The highest BCUT2D eigenvalue weighted by Crippen LogP contribution is 2.39. The maximum atomic E-state index is 12.1. The molecule has 0 radical (unpaired) electrons. The number of hydrogen-bond donors (Lipinski definition) is 0. The van der Waals surface area contributed by atoms with E-state index in [2.05, 4.69) is 4.74 Å². The van der Waals surface area contributed by atoms with E-state index >= 15 is 0 Å². The molecule has 0 spiro atoms. The van der Waals surface area contributed by atoms with E-state index in [1.807, 2.05) is 0 Å². The second-order valence-electron chi connectivity index (χ2n) is 3.12. The second-order valence-corrected chi connectivity index (χ2v) is 3.12. The molecule has 0 bridgehead atoms. The molecule has 0 aliphatic heterocycles. The van der Waals surface area contributed by atoms with Gasteiger partial charge in [-0.3, -0.25) is 0 Å². The van der Waals surface area contributed by atoms with E-state index in [0.717, 1.165) is 0 Å². The third kappa shape index (κ3) is 3.10. The largest absolute Gasteiger partial charge is 0.394 e. The summed E-state index contributed by atoms with van der Waals surface area (Å²) in [5.74, 6) is 0. The molecule has 68 valence electrons. The maximum Gasteiger partial charge on any atom is 0.394 e. The molecule has 0 amide bonds. The molecule has 0 N–H and O–H groups in total. The molecule has 0 heterocycles. The summed E-state index contributed by atoms with van der Waals surface area (Å²) in [7, 11) is 1.40. The van der Waals surface area contributed by atoms with Gasteiger partial charge in [0.2, 0.25) is 0 Å². The summed E-state index contributed by atoms with van der Waals surface area (Å²) >= 11 is 0. The van der Waals surface area contributed by atoms with Gasteiger partial charge in [-0.25, -0.2) is 0 Å². The second kappa shape index (κ2) is 3.43. The molecule has 11 heavy (non-hydrogen) atoms. The Kier molecular flexibility index (Phi) is 3.35. The summed E-state index contributed by atoms with van der Waals surface area (Å²) in [5, 5.41) is 0. The molecule has 1 nitrogen and oxygen atoms in total. The zero-order chi connectivity index (χ0) is 9.12. The lowest BCUT2D eigenvalue weighted by Crippen LogP contribution is -2.33. The lowest BCUT2D eigenvalue weighted by Gasteiger charge is -2.26. The van der Waals surface area contributed by atoms with E-state index in [1.54, 1.807) is 0 Å². The smallest absolute Gasteiger partial charge is 0.385 e. The lowest BCUT2D eigenvalue weighted by atomic mass is 9.89. The molecule has 0 rings (SSSR count). The van der Waals surface area contributed by atoms with Gasteiger partial charge in [-0.05, 0) is 6.42 Å². The molecule has 0 saturated carbocycles. The van der Waals surface area contributed by atoms with Crippen molar-refractivity contribution in [3.05, 3.63) is 0 Å². The summed E-state index contributed by atoms with van der Waals surface area (Å²) in [5.41, 5.74) is -1.64. The summed E-state index contributed by atoms with van der Waals surface area (Å²) in [6.07, 6.45) is -4.13. The summed E-state index contributed by atoms with van der Waals surface area (Å²) < 4.78 is 40.9. The van der Waals surface area contributed by atoms with Crippen molar-refractivity contribution in [3.63, 3.8) is 0 Å². The predicted molar refractivity (Wildman–Crippen MR) is 36.3 cm³/mol. The minimum atomic E-state index is -4.13. The third-order valence-electron chi connectivity index (χ3n) is 1.70. The Labute approximate surface area is 64.5 Å². The summed E-state index contributed by atoms with van der Waals surface area (Å²) in [4.78, 5) is 0. The van der Waals surface area contributed by atoms with Crippen LogP contribution >= 0.6 is 0 Å². The monoisotopic (exact) mass is 170 g/mol. The first-order valence-electron chi connectivity index (χ1n) is 3.37. The summed E-state index contributed by atoms with van der Waals surface area (Å²) in [6, 6.07) is 0. The Morgan fingerprint density at radius 3 is 1.91 bits per heavy atom. The van der Waals surface area contributed by atoms with Crippen LogP contribution in [0.4, 0.5) is 13.2 Å². The molecule has 0 unspecified atom stereocenters. The molecule has 0 atom stereocenters. The third-order valence-corrected chi connectivity index (χ3v) is 1.70. The van der Waals surface area contributed by atoms with Gasteiger partial charge in [-0.2, -0.15) is 13.2 Å². The highest BCUT2D eigenvalue weighted by molar-refractivity contribution is 4.76. The summed E-state index contributed by atoms with van der Waals surface area (Å²) in [6.45, 7) is 2.49. The Morgan fingerprint density at radius 1 is 1.18 bits per heavy atom. The number of methoxy groups -OCH3 is 1. The number of ether oxygens (including phenoxy) is 1. The van der Waals surface area contributed by atoms with Gasteiger partial charge in [0.15, 0.2) is 0 Å². The van der Waals surface area contributed by atoms with Crippen molar-refractivity contribution in [2.75, 3.05) is 13.7 Å². The maximum absolute atomic E-state index is 12.1. The van der Waals surface area contributed by atoms with Gasteiger partial charge in [0, 0.05) is 13.7 Å². The van der Waals surface area contributed by atoms with Gasteiger partial charge in [-0.15, -0.1) is 0 Å². The van der Waals surface area contributed by atoms with Gasteiger partial charge in [-0.1, -0.05) is 13.8 Å². The molecule has 0 saturated heterocycles. The van der Waals surface area contributed by atoms with E-state index < -0.39 is 11.6 Å². The van der Waals surface area contributed by atoms with Crippen molar-refractivity contribution in [2.45, 2.75) is 26.4 Å². The minimum absolute atomic E-state index is 0.00694. The molecule has 0 aromatic heterocycles. The van der Waals surface area contributed by atoms with Crippen LogP contribution < -0.4 is 0 Å². The Hall–Kier alpha value is -0.250. The van der Waals surface area contributed by atoms with Crippen LogP contribution in [0, 0.1) is 5.41 Å². The van der Waals surface area contributed by atoms with Gasteiger partial charge in [0.1, 0.15) is 0 Å². The van der Waals surface area contributed by atoms with Crippen molar-refractivity contribution in [1.29, 1.82) is 0 Å². The van der Waals surface area contributed by atoms with Crippen LogP contribution in [0.25, 0.3) is 0 Å². The Balaban J connectivity index is 4.00. The molecule has 4 heteroatoms. The van der Waals surface area contributed by atoms with E-state index in [0.29, 0.717) is 0 Å². The van der Waals surface area contributed by atoms with Crippen LogP contribution in [-0.4, -0.2) is 19.9 Å². The normalized spacial score (nSPS) is 13.6. The fourth-order valence-electron chi connectivity index (χ4n) is 0.499. The lowest BCUT2D eigenvalue weighted by molar-refractivity contribution is -0.216. The van der Waals surface area contributed by atoms with Crippen LogP contribution in [-0.2, 0) is 4.74 Å². The van der Waals surface area contributed by atoms with Gasteiger partial charge < -0.3 is 4.74 Å². The first kappa shape index (κ1) is 10.8. The topological polar surface area (TPSA) is 9.23 Å². The zero-order valence-electron chi connectivity index (χ0n) is 6.96. The number of hydrogen-bond acceptors (Lipinski definition) is 1. The van der Waals surface area contributed by atoms with Crippen molar-refractivity contribution in [1.82, 2.24) is 0 Å². The predicted octanol–water partition coefficient (Wildman–Crippen LogP) is 2.61. The number of rotatable bonds is 3. The highest BCUT2D eigenvalue weighted by atomic mass is 19.4. The van der Waals surface area contributed by atoms with Crippen molar-refractivity contribution in [3.8, 4) is 0 Å². The fourth-order valence-corrected chi connectivity index (χ4v) is 0.499. The quantitative estimate of drug-likeness (QED) is 0.632. The molecule has 0 fully saturated rings. The van der Waals surface area contributed by atoms with Gasteiger partial charge >= 0.3 is 6.18 Å². The van der Waals surface area contributed by atoms with E-state index in [9.17, 15) is 13.2 Å². The minimum Gasteiger partial charge on any atom is -0.385 e. The van der Waals surface area contributed by atoms with Crippen LogP contribution in [0.5, 0.6) is 0 Å². The Morgan fingerprint density at radius 2 is 1.64 bits per heavy atom. The van der Waals surface area contributed by atoms with Crippen LogP contribution in [0.1, 0.15) is 20.3 Å². The fraction of sp³-hybridized carbons (Fsp3) is 1.00. The molecule has 0 aliphatic rings. The van der Waals surface area contributed by atoms with Gasteiger partial charge in [0.25, 0.3) is 0 Å². The van der Waals surface area contributed by atoms with E-state index in [4.69, 9.17) is 0 Å². The first-order valence-corrected chi connectivity index (χ1v) is 3.37. The average molecular weight is 170 g/mol. The highest BCUT2D eigenvalue weighted by Gasteiger charge is 2.46. The average Bonchev–Trinajstić information content (AvgIpc) is 1.81. The molecular weight excluding hydrogens is 157 g/mol. The molecule has 0 aromatic rings. The molecular formula is C7H13F3O.